The maximum atomic E-state index is 15.5. The summed E-state index contributed by atoms with van der Waals surface area (Å²) in [5, 5.41) is 1.59. The Labute approximate surface area is 211 Å². The van der Waals surface area contributed by atoms with E-state index in [1.165, 1.54) is 0 Å². The molecule has 10 heteroatoms. The average Bonchev–Trinajstić information content (AvgIpc) is 2.77. The highest BCUT2D eigenvalue weighted by Gasteiger charge is 2.32. The Morgan fingerprint density at radius 3 is 1.53 bits per heavy atom. The third-order valence-electron chi connectivity index (χ3n) is 4.83. The molecule has 0 nitrogen and oxygen atoms in total. The van der Waals surface area contributed by atoms with Gasteiger partial charge in [-0.3, -0.25) is 0 Å². The van der Waals surface area contributed by atoms with Gasteiger partial charge in [-0.2, -0.15) is 0 Å². The minimum absolute atomic E-state index is 0.213. The number of halogens is 10. The normalized spacial score (nSPS) is 11.4. The van der Waals surface area contributed by atoms with E-state index in [4.69, 9.17) is 0 Å². The summed E-state index contributed by atoms with van der Waals surface area (Å²) < 4.78 is 85.5. The molecule has 32 heavy (non-hydrogen) atoms. The quantitative estimate of drug-likeness (QED) is 0.111. The van der Waals surface area contributed by atoms with Gasteiger partial charge in [-0.15, -0.1) is 0 Å². The number of fused-ring (bicyclic) bond motifs is 1. The predicted molar refractivity (Wildman–Crippen MR) is 125 cm³/mol. The predicted octanol–water partition coefficient (Wildman–Crippen LogP) is 10.1. The van der Waals surface area contributed by atoms with Crippen molar-refractivity contribution in [3.8, 4) is 22.3 Å². The molecule has 0 atom stereocenters. The summed E-state index contributed by atoms with van der Waals surface area (Å²) in [6.07, 6.45) is 0. The van der Waals surface area contributed by atoms with E-state index in [2.05, 4.69) is 63.7 Å². The van der Waals surface area contributed by atoms with Gasteiger partial charge >= 0.3 is 0 Å². The van der Waals surface area contributed by atoms with Crippen molar-refractivity contribution < 1.29 is 26.3 Å². The minimum atomic E-state index is -2.15. The molecule has 0 saturated carbocycles. The Morgan fingerprint density at radius 2 is 0.906 bits per heavy atom. The lowest BCUT2D eigenvalue weighted by Crippen LogP contribution is -2.05. The van der Waals surface area contributed by atoms with Gasteiger partial charge in [0.15, 0.2) is 23.3 Å². The lowest BCUT2D eigenvalue weighted by atomic mass is 9.96. The zero-order valence-corrected chi connectivity index (χ0v) is 21.6. The van der Waals surface area contributed by atoms with Crippen molar-refractivity contribution in [3.63, 3.8) is 0 Å². The molecule has 0 heterocycles. The van der Waals surface area contributed by atoms with Crippen LogP contribution in [0.3, 0.4) is 0 Å². The van der Waals surface area contributed by atoms with Crippen molar-refractivity contribution in [2.75, 3.05) is 0 Å². The second-order valence-corrected chi connectivity index (χ2v) is 9.86. The first kappa shape index (κ1) is 23.8. The van der Waals surface area contributed by atoms with Gasteiger partial charge in [-0.25, -0.2) is 26.3 Å². The Kier molecular flexibility index (Phi) is 6.52. The fourth-order valence-electron chi connectivity index (χ4n) is 3.32. The standard InChI is InChI=1S/C22H6Br4F6/c23-10-6-8-4-2-1-3-7(8)5-9(10)11-14(24)18(28)12(15(25)17(11)27)13-16(26)20(30)22(32)21(31)19(13)29/h1-6H. The van der Waals surface area contributed by atoms with Crippen LogP contribution in [0.5, 0.6) is 0 Å². The monoisotopic (exact) mass is 700 g/mol. The molecule has 0 N–H and O–H groups in total. The van der Waals surface area contributed by atoms with E-state index in [0.29, 0.717) is 4.47 Å². The van der Waals surface area contributed by atoms with Crippen LogP contribution in [0, 0.1) is 34.9 Å². The molecule has 0 fully saturated rings. The van der Waals surface area contributed by atoms with Gasteiger partial charge in [-0.1, -0.05) is 40.2 Å². The number of hydrogen-bond donors (Lipinski definition) is 0. The molecule has 0 amide bonds. The molecular weight excluding hydrogens is 698 g/mol. The molecule has 0 unspecified atom stereocenters. The Morgan fingerprint density at radius 1 is 0.469 bits per heavy atom. The molecule has 4 aromatic carbocycles. The van der Waals surface area contributed by atoms with Gasteiger partial charge in [0.05, 0.1) is 13.4 Å². The summed E-state index contributed by atoms with van der Waals surface area (Å²) in [4.78, 5) is 0. The smallest absolute Gasteiger partial charge is 0.198 e. The molecule has 0 saturated heterocycles. The number of benzene rings is 4. The molecule has 164 valence electrons. The minimum Gasteiger partial charge on any atom is -0.205 e. The van der Waals surface area contributed by atoms with Crippen LogP contribution in [0.2, 0.25) is 0 Å². The van der Waals surface area contributed by atoms with Gasteiger partial charge < -0.3 is 0 Å². The van der Waals surface area contributed by atoms with Gasteiger partial charge in [0.25, 0.3) is 0 Å². The SMILES string of the molecule is Fc1c(F)c(F)c(-c2c(F)c(Br)c(-c3cc4ccccc4cc3Br)c(F)c2Br)c(Br)c1F. The van der Waals surface area contributed by atoms with Crippen molar-refractivity contribution in [1.29, 1.82) is 0 Å². The van der Waals surface area contributed by atoms with Gasteiger partial charge in [0.2, 0.25) is 0 Å². The summed E-state index contributed by atoms with van der Waals surface area (Å²) in [7, 11) is 0. The third kappa shape index (κ3) is 3.63. The van der Waals surface area contributed by atoms with Crippen molar-refractivity contribution in [2.24, 2.45) is 0 Å². The van der Waals surface area contributed by atoms with Crippen molar-refractivity contribution in [1.82, 2.24) is 0 Å². The zero-order valence-electron chi connectivity index (χ0n) is 15.2. The molecule has 4 rings (SSSR count). The van der Waals surface area contributed by atoms with E-state index >= 15 is 8.78 Å². The molecule has 0 spiro atoms. The number of hydrogen-bond acceptors (Lipinski definition) is 0. The molecule has 0 aliphatic rings. The Hall–Kier alpha value is -1.36. The summed E-state index contributed by atoms with van der Waals surface area (Å²) >= 11 is 11.8. The third-order valence-corrected chi connectivity index (χ3v) is 7.72. The zero-order chi connectivity index (χ0) is 23.5. The van der Waals surface area contributed by atoms with E-state index < -0.39 is 59.4 Å². The first-order chi connectivity index (χ1) is 15.1. The Balaban J connectivity index is 2.07. The second-order valence-electron chi connectivity index (χ2n) is 6.63. The van der Waals surface area contributed by atoms with E-state index in [0.717, 1.165) is 10.8 Å². The van der Waals surface area contributed by atoms with Gasteiger partial charge in [0, 0.05) is 26.7 Å². The van der Waals surface area contributed by atoms with Crippen LogP contribution < -0.4 is 0 Å². The van der Waals surface area contributed by atoms with Crippen LogP contribution >= 0.6 is 63.7 Å². The second kappa shape index (κ2) is 8.77. The molecule has 0 aromatic heterocycles. The highest BCUT2D eigenvalue weighted by molar-refractivity contribution is 9.11. The topological polar surface area (TPSA) is 0 Å². The van der Waals surface area contributed by atoms with E-state index in [1.54, 1.807) is 24.3 Å². The maximum absolute atomic E-state index is 15.5. The largest absolute Gasteiger partial charge is 0.205 e. The molecule has 0 bridgehead atoms. The van der Waals surface area contributed by atoms with E-state index in [9.17, 15) is 17.6 Å². The summed E-state index contributed by atoms with van der Waals surface area (Å²) in [6.45, 7) is 0. The first-order valence-corrected chi connectivity index (χ1v) is 11.8. The molecule has 0 aliphatic heterocycles. The van der Waals surface area contributed by atoms with Crippen molar-refractivity contribution in [3.05, 3.63) is 89.2 Å². The lowest BCUT2D eigenvalue weighted by Gasteiger charge is -2.18. The van der Waals surface area contributed by atoms with Crippen molar-refractivity contribution >= 4 is 74.5 Å². The fourth-order valence-corrected chi connectivity index (χ4v) is 5.58. The van der Waals surface area contributed by atoms with Crippen LogP contribution in [-0.2, 0) is 0 Å². The summed E-state index contributed by atoms with van der Waals surface area (Å²) in [6, 6.07) is 10.6. The average molecular weight is 704 g/mol. The molecular formula is C22H6Br4F6. The van der Waals surface area contributed by atoms with Crippen molar-refractivity contribution in [2.45, 2.75) is 0 Å². The van der Waals surface area contributed by atoms with Crippen LogP contribution in [0.25, 0.3) is 33.0 Å². The maximum Gasteiger partial charge on any atom is 0.198 e. The fraction of sp³-hybridized carbons (Fsp3) is 0. The highest BCUT2D eigenvalue weighted by atomic mass is 79.9. The molecule has 0 radical (unpaired) electrons. The van der Waals surface area contributed by atoms with Crippen LogP contribution in [0.1, 0.15) is 0 Å². The van der Waals surface area contributed by atoms with E-state index in [-0.39, 0.29) is 11.1 Å². The highest BCUT2D eigenvalue weighted by Crippen LogP contribution is 2.48. The van der Waals surface area contributed by atoms with Gasteiger partial charge in [-0.05, 0) is 70.7 Å². The van der Waals surface area contributed by atoms with Gasteiger partial charge in [0.1, 0.15) is 11.6 Å². The summed E-state index contributed by atoms with van der Waals surface area (Å²) in [5.74, 6) is -10.1. The molecule has 4 aromatic rings. The Bertz CT molecular complexity index is 1380. The summed E-state index contributed by atoms with van der Waals surface area (Å²) in [5.41, 5.74) is -1.77. The first-order valence-electron chi connectivity index (χ1n) is 8.62. The van der Waals surface area contributed by atoms with E-state index in [1.807, 2.05) is 12.1 Å². The van der Waals surface area contributed by atoms with Crippen LogP contribution in [0.15, 0.2) is 54.3 Å². The van der Waals surface area contributed by atoms with Crippen LogP contribution in [-0.4, -0.2) is 0 Å². The lowest BCUT2D eigenvalue weighted by molar-refractivity contribution is 0.408. The van der Waals surface area contributed by atoms with Crippen LogP contribution in [0.4, 0.5) is 26.3 Å². The molecule has 0 aliphatic carbocycles. The number of rotatable bonds is 2.